The third kappa shape index (κ3) is 3.84. The number of alkyl halides is 3. The quantitative estimate of drug-likeness (QED) is 0.912. The fraction of sp³-hybridized carbons (Fsp3) is 0.188. The lowest BCUT2D eigenvalue weighted by Gasteiger charge is -2.09. The summed E-state index contributed by atoms with van der Waals surface area (Å²) in [4.78, 5) is 12.0. The summed E-state index contributed by atoms with van der Waals surface area (Å²) in [5, 5.41) is 2.69. The highest BCUT2D eigenvalue weighted by molar-refractivity contribution is 5.95. The minimum absolute atomic E-state index is 0.186. The van der Waals surface area contributed by atoms with Crippen LogP contribution >= 0.6 is 0 Å². The smallest absolute Gasteiger partial charge is 0.348 e. The molecule has 21 heavy (non-hydrogen) atoms. The van der Waals surface area contributed by atoms with Crippen LogP contribution in [0, 0.1) is 6.92 Å². The molecule has 1 amide bonds. The zero-order valence-corrected chi connectivity index (χ0v) is 11.4. The fourth-order valence-corrected chi connectivity index (χ4v) is 1.92. The molecule has 0 aromatic heterocycles. The lowest BCUT2D eigenvalue weighted by Crippen LogP contribution is -2.23. The molecule has 0 saturated carbocycles. The van der Waals surface area contributed by atoms with Gasteiger partial charge < -0.3 is 5.32 Å². The molecule has 0 atom stereocenters. The first-order valence-electron chi connectivity index (χ1n) is 6.38. The van der Waals surface area contributed by atoms with Gasteiger partial charge in [-0.2, -0.15) is 13.2 Å². The Morgan fingerprint density at radius 3 is 2.24 bits per heavy atom. The number of amides is 1. The summed E-state index contributed by atoms with van der Waals surface area (Å²) in [5.74, 6) is -0.243. The highest BCUT2D eigenvalue weighted by Crippen LogP contribution is 2.29. The molecular weight excluding hydrogens is 279 g/mol. The van der Waals surface area contributed by atoms with Crippen LogP contribution in [-0.4, -0.2) is 5.91 Å². The fourth-order valence-electron chi connectivity index (χ4n) is 1.92. The first-order chi connectivity index (χ1) is 9.88. The average molecular weight is 293 g/mol. The van der Waals surface area contributed by atoms with E-state index in [1.165, 1.54) is 12.1 Å². The molecule has 0 spiro atoms. The van der Waals surface area contributed by atoms with Crippen LogP contribution < -0.4 is 5.32 Å². The SMILES string of the molecule is Cc1ccccc1C(=O)NCc1ccc(C(F)(F)F)cc1. The molecule has 0 aliphatic carbocycles. The van der Waals surface area contributed by atoms with E-state index in [0.29, 0.717) is 11.1 Å². The maximum atomic E-state index is 12.4. The largest absolute Gasteiger partial charge is 0.416 e. The van der Waals surface area contributed by atoms with Crippen molar-refractivity contribution in [3.63, 3.8) is 0 Å². The maximum absolute atomic E-state index is 12.4. The number of aryl methyl sites for hydroxylation is 1. The monoisotopic (exact) mass is 293 g/mol. The summed E-state index contributed by atoms with van der Waals surface area (Å²) in [5.41, 5.74) is 1.33. The third-order valence-electron chi connectivity index (χ3n) is 3.12. The second kappa shape index (κ2) is 5.99. The molecule has 0 aliphatic rings. The van der Waals surface area contributed by atoms with Gasteiger partial charge in [-0.15, -0.1) is 0 Å². The molecule has 0 saturated heterocycles. The van der Waals surface area contributed by atoms with E-state index in [4.69, 9.17) is 0 Å². The summed E-state index contributed by atoms with van der Waals surface area (Å²) >= 11 is 0. The van der Waals surface area contributed by atoms with Gasteiger partial charge in [0, 0.05) is 12.1 Å². The van der Waals surface area contributed by atoms with Gasteiger partial charge in [-0.3, -0.25) is 4.79 Å². The normalized spacial score (nSPS) is 11.2. The van der Waals surface area contributed by atoms with Crippen LogP contribution in [0.1, 0.15) is 27.0 Å². The zero-order chi connectivity index (χ0) is 15.5. The molecule has 2 rings (SSSR count). The van der Waals surface area contributed by atoms with Crippen LogP contribution in [0.15, 0.2) is 48.5 Å². The molecule has 2 aromatic rings. The Bertz CT molecular complexity index is 633. The van der Waals surface area contributed by atoms with Gasteiger partial charge in [-0.05, 0) is 36.2 Å². The van der Waals surface area contributed by atoms with E-state index in [1.807, 2.05) is 19.1 Å². The minimum atomic E-state index is -4.34. The van der Waals surface area contributed by atoms with Crippen molar-refractivity contribution in [1.29, 1.82) is 0 Å². The Morgan fingerprint density at radius 2 is 1.67 bits per heavy atom. The van der Waals surface area contributed by atoms with Crippen LogP contribution in [0.5, 0.6) is 0 Å². The number of rotatable bonds is 3. The van der Waals surface area contributed by atoms with Crippen LogP contribution in [0.4, 0.5) is 13.2 Å². The highest BCUT2D eigenvalue weighted by Gasteiger charge is 2.29. The molecule has 2 nitrogen and oxygen atoms in total. The zero-order valence-electron chi connectivity index (χ0n) is 11.4. The number of carbonyl (C=O) groups is 1. The molecule has 1 N–H and O–H groups in total. The van der Waals surface area contributed by atoms with Gasteiger partial charge in [-0.25, -0.2) is 0 Å². The first kappa shape index (κ1) is 15.1. The van der Waals surface area contributed by atoms with Crippen LogP contribution in [0.2, 0.25) is 0 Å². The Labute approximate surface area is 120 Å². The van der Waals surface area contributed by atoms with Crippen molar-refractivity contribution in [3.05, 3.63) is 70.8 Å². The van der Waals surface area contributed by atoms with E-state index in [0.717, 1.165) is 17.7 Å². The summed E-state index contributed by atoms with van der Waals surface area (Å²) in [6, 6.07) is 11.9. The molecule has 110 valence electrons. The van der Waals surface area contributed by atoms with Crippen LogP contribution in [-0.2, 0) is 12.7 Å². The number of benzene rings is 2. The van der Waals surface area contributed by atoms with Gasteiger partial charge in [0.1, 0.15) is 0 Å². The third-order valence-corrected chi connectivity index (χ3v) is 3.12. The van der Waals surface area contributed by atoms with Crippen molar-refractivity contribution in [3.8, 4) is 0 Å². The molecule has 5 heteroatoms. The van der Waals surface area contributed by atoms with E-state index >= 15 is 0 Å². The van der Waals surface area contributed by atoms with Gasteiger partial charge in [0.05, 0.1) is 5.56 Å². The maximum Gasteiger partial charge on any atom is 0.416 e. The summed E-state index contributed by atoms with van der Waals surface area (Å²) in [7, 11) is 0. The number of hydrogen-bond donors (Lipinski definition) is 1. The number of halogens is 3. The van der Waals surface area contributed by atoms with Gasteiger partial charge in [0.15, 0.2) is 0 Å². The lowest BCUT2D eigenvalue weighted by molar-refractivity contribution is -0.137. The van der Waals surface area contributed by atoms with E-state index in [9.17, 15) is 18.0 Å². The van der Waals surface area contributed by atoms with E-state index in [2.05, 4.69) is 5.32 Å². The Kier molecular flexibility index (Phi) is 4.31. The molecule has 0 bridgehead atoms. The number of nitrogens with one attached hydrogen (secondary N) is 1. The van der Waals surface area contributed by atoms with Gasteiger partial charge in [0.25, 0.3) is 5.91 Å². The second-order valence-corrected chi connectivity index (χ2v) is 4.69. The predicted molar refractivity (Wildman–Crippen MR) is 73.8 cm³/mol. The first-order valence-corrected chi connectivity index (χ1v) is 6.38. The van der Waals surface area contributed by atoms with Gasteiger partial charge >= 0.3 is 6.18 Å². The van der Waals surface area contributed by atoms with Crippen molar-refractivity contribution in [2.75, 3.05) is 0 Å². The molecule has 0 fully saturated rings. The van der Waals surface area contributed by atoms with Gasteiger partial charge in [-0.1, -0.05) is 30.3 Å². The van der Waals surface area contributed by atoms with E-state index in [1.54, 1.807) is 12.1 Å². The van der Waals surface area contributed by atoms with Crippen molar-refractivity contribution in [2.24, 2.45) is 0 Å². The molecule has 2 aromatic carbocycles. The second-order valence-electron chi connectivity index (χ2n) is 4.69. The van der Waals surface area contributed by atoms with Crippen LogP contribution in [0.3, 0.4) is 0 Å². The molecular formula is C16H14F3NO. The number of carbonyl (C=O) groups excluding carboxylic acids is 1. The van der Waals surface area contributed by atoms with Crippen molar-refractivity contribution >= 4 is 5.91 Å². The van der Waals surface area contributed by atoms with Crippen molar-refractivity contribution in [1.82, 2.24) is 5.32 Å². The van der Waals surface area contributed by atoms with Crippen molar-refractivity contribution in [2.45, 2.75) is 19.6 Å². The lowest BCUT2D eigenvalue weighted by atomic mass is 10.1. The van der Waals surface area contributed by atoms with Gasteiger partial charge in [0.2, 0.25) is 0 Å². The Balaban J connectivity index is 2.00. The predicted octanol–water partition coefficient (Wildman–Crippen LogP) is 3.94. The Hall–Kier alpha value is -2.30. The average Bonchev–Trinajstić information content (AvgIpc) is 2.45. The minimum Gasteiger partial charge on any atom is -0.348 e. The van der Waals surface area contributed by atoms with E-state index < -0.39 is 11.7 Å². The number of hydrogen-bond acceptors (Lipinski definition) is 1. The molecule has 0 aliphatic heterocycles. The van der Waals surface area contributed by atoms with E-state index in [-0.39, 0.29) is 12.5 Å². The standard InChI is InChI=1S/C16H14F3NO/c1-11-4-2-3-5-14(11)15(21)20-10-12-6-8-13(9-7-12)16(17,18)19/h2-9H,10H2,1H3,(H,20,21). The summed E-state index contributed by atoms with van der Waals surface area (Å²) in [6.07, 6.45) is -4.34. The highest BCUT2D eigenvalue weighted by atomic mass is 19.4. The summed E-state index contributed by atoms with van der Waals surface area (Å²) in [6.45, 7) is 2.01. The van der Waals surface area contributed by atoms with Crippen molar-refractivity contribution < 1.29 is 18.0 Å². The topological polar surface area (TPSA) is 29.1 Å². The molecule has 0 radical (unpaired) electrons. The molecule has 0 heterocycles. The summed E-state index contributed by atoms with van der Waals surface area (Å²) < 4.78 is 37.3. The molecule has 0 unspecified atom stereocenters. The Morgan fingerprint density at radius 1 is 1.05 bits per heavy atom. The van der Waals surface area contributed by atoms with Crippen LogP contribution in [0.25, 0.3) is 0 Å².